The molecule has 3 atom stereocenters. The summed E-state index contributed by atoms with van der Waals surface area (Å²) in [5, 5.41) is 3.11. The van der Waals surface area contributed by atoms with Crippen LogP contribution >= 0.6 is 0 Å². The second kappa shape index (κ2) is 5.60. The minimum atomic E-state index is -0.314. The van der Waals surface area contributed by atoms with E-state index >= 15 is 0 Å². The van der Waals surface area contributed by atoms with Crippen molar-refractivity contribution in [1.29, 1.82) is 0 Å². The van der Waals surface area contributed by atoms with Crippen molar-refractivity contribution in [2.24, 2.45) is 0 Å². The fourth-order valence-electron chi connectivity index (χ4n) is 3.75. The van der Waals surface area contributed by atoms with Gasteiger partial charge in [-0.05, 0) is 44.4 Å². The number of hydrogen-bond donors (Lipinski definition) is 1. The summed E-state index contributed by atoms with van der Waals surface area (Å²) in [5.74, 6) is 0.161. The number of rotatable bonds is 2. The molecule has 2 heterocycles. The van der Waals surface area contributed by atoms with Gasteiger partial charge in [-0.2, -0.15) is 0 Å². The van der Waals surface area contributed by atoms with E-state index in [9.17, 15) is 9.59 Å². The molecule has 3 unspecified atom stereocenters. The van der Waals surface area contributed by atoms with E-state index in [0.29, 0.717) is 6.42 Å². The molecule has 1 fully saturated rings. The van der Waals surface area contributed by atoms with Crippen molar-refractivity contribution in [2.45, 2.75) is 50.7 Å². The molecule has 0 saturated carbocycles. The van der Waals surface area contributed by atoms with E-state index < -0.39 is 0 Å². The van der Waals surface area contributed by atoms with Crippen LogP contribution in [0.3, 0.4) is 0 Å². The summed E-state index contributed by atoms with van der Waals surface area (Å²) >= 11 is 0. The Bertz CT molecular complexity index is 570. The lowest BCUT2D eigenvalue weighted by Gasteiger charge is -2.42. The molecule has 1 N–H and O–H groups in total. The molecule has 0 aliphatic carbocycles. The Balaban J connectivity index is 2.07. The first-order valence-corrected chi connectivity index (χ1v) is 7.71. The Labute approximate surface area is 125 Å². The first kappa shape index (κ1) is 14.3. The molecule has 0 aromatic heterocycles. The number of carbonyl (C=O) groups excluding carboxylic acids is 2. The standard InChI is InChI=1S/C17H22N2O2/c1-11(20)16-10-12-6-3-4-7-13(12)15-9-5-8-14(18-2)17(21)19(15)16/h3-4,6-7,14-16,18H,5,8-10H2,1-2H3. The van der Waals surface area contributed by atoms with Gasteiger partial charge >= 0.3 is 0 Å². The van der Waals surface area contributed by atoms with Crippen LogP contribution in [0.4, 0.5) is 0 Å². The average molecular weight is 286 g/mol. The fourth-order valence-corrected chi connectivity index (χ4v) is 3.75. The number of ketones is 1. The Morgan fingerprint density at radius 3 is 2.76 bits per heavy atom. The van der Waals surface area contributed by atoms with Crippen LogP contribution in [-0.4, -0.2) is 35.7 Å². The summed E-state index contributed by atoms with van der Waals surface area (Å²) in [6.07, 6.45) is 3.42. The van der Waals surface area contributed by atoms with Gasteiger partial charge in [-0.3, -0.25) is 9.59 Å². The van der Waals surface area contributed by atoms with Gasteiger partial charge < -0.3 is 10.2 Å². The SMILES string of the molecule is CNC1CCCC2c3ccccc3CC(C(C)=O)N2C1=O. The minimum Gasteiger partial charge on any atom is -0.324 e. The van der Waals surface area contributed by atoms with E-state index in [1.807, 2.05) is 24.1 Å². The van der Waals surface area contributed by atoms with Gasteiger partial charge in [-0.1, -0.05) is 24.3 Å². The van der Waals surface area contributed by atoms with E-state index in [2.05, 4.69) is 17.4 Å². The van der Waals surface area contributed by atoms with Crippen molar-refractivity contribution in [3.05, 3.63) is 35.4 Å². The third-order valence-electron chi connectivity index (χ3n) is 4.84. The zero-order chi connectivity index (χ0) is 15.0. The molecule has 1 amide bonds. The largest absolute Gasteiger partial charge is 0.324 e. The van der Waals surface area contributed by atoms with Gasteiger partial charge in [0.25, 0.3) is 0 Å². The molecule has 1 aromatic carbocycles. The molecule has 3 rings (SSSR count). The molecule has 2 aliphatic rings. The Kier molecular flexibility index (Phi) is 3.81. The van der Waals surface area contributed by atoms with E-state index in [-0.39, 0.29) is 29.8 Å². The maximum absolute atomic E-state index is 12.8. The molecule has 0 radical (unpaired) electrons. The van der Waals surface area contributed by atoms with E-state index in [1.54, 1.807) is 6.92 Å². The Morgan fingerprint density at radius 1 is 1.29 bits per heavy atom. The van der Waals surface area contributed by atoms with Crippen LogP contribution in [0.25, 0.3) is 0 Å². The topological polar surface area (TPSA) is 49.4 Å². The lowest BCUT2D eigenvalue weighted by atomic mass is 9.85. The third kappa shape index (κ3) is 2.38. The third-order valence-corrected chi connectivity index (χ3v) is 4.84. The first-order chi connectivity index (χ1) is 10.1. The van der Waals surface area contributed by atoms with Crippen LogP contribution in [0.15, 0.2) is 24.3 Å². The van der Waals surface area contributed by atoms with Gasteiger partial charge in [0.05, 0.1) is 18.1 Å². The van der Waals surface area contributed by atoms with Crippen molar-refractivity contribution < 1.29 is 9.59 Å². The second-order valence-electron chi connectivity index (χ2n) is 6.06. The van der Waals surface area contributed by atoms with Crippen LogP contribution in [0.5, 0.6) is 0 Å². The monoisotopic (exact) mass is 286 g/mol. The zero-order valence-electron chi connectivity index (χ0n) is 12.6. The highest BCUT2D eigenvalue weighted by Gasteiger charge is 2.42. The van der Waals surface area contributed by atoms with Gasteiger partial charge in [-0.25, -0.2) is 0 Å². The molecular formula is C17H22N2O2. The quantitative estimate of drug-likeness (QED) is 0.902. The molecule has 0 spiro atoms. The van der Waals surface area contributed by atoms with Gasteiger partial charge in [0, 0.05) is 6.42 Å². The number of likely N-dealkylation sites (N-methyl/N-ethyl adjacent to an activating group) is 1. The highest BCUT2D eigenvalue weighted by Crippen LogP contribution is 2.39. The van der Waals surface area contributed by atoms with E-state index in [1.165, 1.54) is 11.1 Å². The molecule has 1 aromatic rings. The highest BCUT2D eigenvalue weighted by atomic mass is 16.2. The molecule has 2 aliphatic heterocycles. The van der Waals surface area contributed by atoms with Crippen molar-refractivity contribution in [3.63, 3.8) is 0 Å². The number of nitrogens with one attached hydrogen (secondary N) is 1. The second-order valence-corrected chi connectivity index (χ2v) is 6.06. The van der Waals surface area contributed by atoms with Crippen LogP contribution in [0.2, 0.25) is 0 Å². The average Bonchev–Trinajstić information content (AvgIpc) is 2.66. The molecule has 0 bridgehead atoms. The number of nitrogens with zero attached hydrogens (tertiary/aromatic N) is 1. The van der Waals surface area contributed by atoms with Crippen molar-refractivity contribution in [2.75, 3.05) is 7.05 Å². The van der Waals surface area contributed by atoms with E-state index in [4.69, 9.17) is 0 Å². The molecule has 4 nitrogen and oxygen atoms in total. The van der Waals surface area contributed by atoms with Gasteiger partial charge in [-0.15, -0.1) is 0 Å². The van der Waals surface area contributed by atoms with Crippen LogP contribution in [0, 0.1) is 0 Å². The number of Topliss-reactive ketones (excluding diaryl/α,β-unsaturated/α-hetero) is 1. The summed E-state index contributed by atoms with van der Waals surface area (Å²) in [4.78, 5) is 26.8. The maximum atomic E-state index is 12.8. The highest BCUT2D eigenvalue weighted by molar-refractivity contribution is 5.91. The van der Waals surface area contributed by atoms with Gasteiger partial charge in [0.15, 0.2) is 5.78 Å². The number of carbonyl (C=O) groups is 2. The van der Waals surface area contributed by atoms with E-state index in [0.717, 1.165) is 19.3 Å². The summed E-state index contributed by atoms with van der Waals surface area (Å²) in [6, 6.07) is 7.81. The number of hydrogen-bond acceptors (Lipinski definition) is 3. The molecule has 21 heavy (non-hydrogen) atoms. The van der Waals surface area contributed by atoms with Crippen molar-refractivity contribution in [3.8, 4) is 0 Å². The first-order valence-electron chi connectivity index (χ1n) is 7.71. The van der Waals surface area contributed by atoms with Crippen molar-refractivity contribution >= 4 is 11.7 Å². The molecule has 4 heteroatoms. The molecule has 112 valence electrons. The van der Waals surface area contributed by atoms with Gasteiger partial charge in [0.1, 0.15) is 0 Å². The summed E-state index contributed by atoms with van der Waals surface area (Å²) in [5.41, 5.74) is 2.44. The predicted octanol–water partition coefficient (Wildman–Crippen LogP) is 1.84. The normalized spacial score (nSPS) is 28.6. The van der Waals surface area contributed by atoms with Crippen molar-refractivity contribution in [1.82, 2.24) is 10.2 Å². The van der Waals surface area contributed by atoms with Crippen LogP contribution < -0.4 is 5.32 Å². The molecular weight excluding hydrogens is 264 g/mol. The summed E-state index contributed by atoms with van der Waals surface area (Å²) in [6.45, 7) is 1.60. The molecule has 1 saturated heterocycles. The van der Waals surface area contributed by atoms with Crippen LogP contribution in [-0.2, 0) is 16.0 Å². The number of amides is 1. The Morgan fingerprint density at radius 2 is 2.05 bits per heavy atom. The van der Waals surface area contributed by atoms with Gasteiger partial charge in [0.2, 0.25) is 5.91 Å². The van der Waals surface area contributed by atoms with Crippen LogP contribution in [0.1, 0.15) is 43.4 Å². The lowest BCUT2D eigenvalue weighted by molar-refractivity contribution is -0.143. The minimum absolute atomic E-state index is 0.0506. The zero-order valence-corrected chi connectivity index (χ0v) is 12.6. The fraction of sp³-hybridized carbons (Fsp3) is 0.529. The Hall–Kier alpha value is -1.68. The lowest BCUT2D eigenvalue weighted by Crippen LogP contribution is -2.54. The number of benzene rings is 1. The summed E-state index contributed by atoms with van der Waals surface area (Å²) in [7, 11) is 1.82. The smallest absolute Gasteiger partial charge is 0.240 e. The maximum Gasteiger partial charge on any atom is 0.240 e. The summed E-state index contributed by atoms with van der Waals surface area (Å²) < 4.78 is 0. The number of fused-ring (bicyclic) bond motifs is 3. The predicted molar refractivity (Wildman–Crippen MR) is 80.9 cm³/mol.